The fourth-order valence-corrected chi connectivity index (χ4v) is 5.70. The fourth-order valence-electron chi connectivity index (χ4n) is 3.04. The highest BCUT2D eigenvalue weighted by Crippen LogP contribution is 2.39. The molecule has 3 heterocycles. The van der Waals surface area contributed by atoms with Crippen molar-refractivity contribution < 1.29 is 17.5 Å². The summed E-state index contributed by atoms with van der Waals surface area (Å²) in [5, 5.41) is 10.5. The largest absolute Gasteiger partial charge is 0.323 e. The molecule has 0 atom stereocenters. The number of thiophene rings is 1. The van der Waals surface area contributed by atoms with Crippen molar-refractivity contribution in [2.24, 2.45) is 0 Å². The van der Waals surface area contributed by atoms with Gasteiger partial charge in [0.2, 0.25) is 0 Å². The Bertz CT molecular complexity index is 1220. The van der Waals surface area contributed by atoms with Crippen molar-refractivity contribution in [1.29, 1.82) is 0 Å². The molecule has 0 saturated heterocycles. The molecule has 31 heavy (non-hydrogen) atoms. The Morgan fingerprint density at radius 3 is 2.77 bits per heavy atom. The predicted molar refractivity (Wildman–Crippen MR) is 125 cm³/mol. The van der Waals surface area contributed by atoms with Gasteiger partial charge in [0.15, 0.2) is 11.6 Å². The van der Waals surface area contributed by atoms with Gasteiger partial charge in [0.25, 0.3) is 10.0 Å². The molecule has 170 valence electrons. The fraction of sp³-hybridized carbons (Fsp3) is 0.400. The van der Waals surface area contributed by atoms with Gasteiger partial charge < -0.3 is 10.1 Å². The highest BCUT2D eigenvalue weighted by molar-refractivity contribution is 7.91. The molecule has 0 amide bonds. The van der Waals surface area contributed by atoms with E-state index in [1.807, 2.05) is 6.07 Å². The third kappa shape index (κ3) is 5.17. The van der Waals surface area contributed by atoms with Crippen molar-refractivity contribution in [3.05, 3.63) is 35.7 Å². The minimum Gasteiger partial charge on any atom is -0.323 e. The lowest BCUT2D eigenvalue weighted by molar-refractivity contribution is -0.107. The number of nitrogens with zero attached hydrogens (tertiary/aromatic N) is 3. The van der Waals surface area contributed by atoms with Crippen LogP contribution >= 0.6 is 11.3 Å². The second kappa shape index (κ2) is 8.13. The number of rotatable bonds is 8. The number of nitrogens with one attached hydrogen (secondary N) is 3. The number of hydrogen-bond acceptors (Lipinski definition) is 8. The van der Waals surface area contributed by atoms with Gasteiger partial charge in [-0.3, -0.25) is 5.10 Å². The summed E-state index contributed by atoms with van der Waals surface area (Å²) in [6, 6.07) is 5.16. The SMILES string of the molecule is CC(C)(C)NS(=O)(=O)c1ccc(-c2ncc(CC=O)c(Nc3cc(C4CC4)[nH]n3)n2)s1.[HH].[HH].[HH]. The van der Waals surface area contributed by atoms with Crippen LogP contribution in [0.4, 0.5) is 11.6 Å². The van der Waals surface area contributed by atoms with Gasteiger partial charge >= 0.3 is 0 Å². The van der Waals surface area contributed by atoms with Gasteiger partial charge in [-0.2, -0.15) is 5.10 Å². The number of sulfonamides is 1. The van der Waals surface area contributed by atoms with Gasteiger partial charge in [-0.15, -0.1) is 11.3 Å². The number of aldehydes is 1. The summed E-state index contributed by atoms with van der Waals surface area (Å²) in [7, 11) is -3.64. The minimum atomic E-state index is -3.64. The van der Waals surface area contributed by atoms with E-state index in [1.54, 1.807) is 39.1 Å². The average molecular weight is 467 g/mol. The average Bonchev–Trinajstić information content (AvgIpc) is 3.21. The Morgan fingerprint density at radius 1 is 1.32 bits per heavy atom. The van der Waals surface area contributed by atoms with Gasteiger partial charge in [0, 0.05) is 45.7 Å². The summed E-state index contributed by atoms with van der Waals surface area (Å²) in [6.45, 7) is 5.36. The maximum atomic E-state index is 12.6. The maximum Gasteiger partial charge on any atom is 0.250 e. The monoisotopic (exact) mass is 466 g/mol. The Kier molecular flexibility index (Phi) is 5.67. The van der Waals surface area contributed by atoms with Gasteiger partial charge in [-0.05, 0) is 45.7 Å². The number of carbonyl (C=O) groups is 1. The molecule has 3 N–H and O–H groups in total. The number of H-pyrrole nitrogens is 1. The third-order valence-electron chi connectivity index (χ3n) is 4.54. The first kappa shape index (κ1) is 21.6. The van der Waals surface area contributed by atoms with Crippen LogP contribution in [0.25, 0.3) is 10.7 Å². The summed E-state index contributed by atoms with van der Waals surface area (Å²) in [4.78, 5) is 20.6. The van der Waals surface area contributed by atoms with Gasteiger partial charge in [-0.1, -0.05) is 0 Å². The maximum absolute atomic E-state index is 12.6. The molecule has 1 saturated carbocycles. The van der Waals surface area contributed by atoms with Crippen LogP contribution in [0.15, 0.2) is 28.6 Å². The molecule has 3 aromatic heterocycles. The molecule has 1 aliphatic rings. The first-order chi connectivity index (χ1) is 14.6. The number of hydrogen-bond donors (Lipinski definition) is 3. The molecule has 11 heteroatoms. The van der Waals surface area contributed by atoms with Crippen LogP contribution in [-0.4, -0.2) is 40.4 Å². The zero-order valence-electron chi connectivity index (χ0n) is 17.5. The standard InChI is InChI=1S/C20H24N6O3S2.3H2/c1-20(2,3)26-31(28,29)17-7-6-15(30-17)19-21-11-13(8-9-27)18(23-19)22-16-10-14(24-25-16)12-4-5-12;;;/h6-7,9-12,26H,4-5,8H2,1-3H3,(H2,21,22,23,24,25);3*1H. The van der Waals surface area contributed by atoms with Crippen molar-refractivity contribution >= 4 is 39.3 Å². The van der Waals surface area contributed by atoms with Crippen molar-refractivity contribution in [3.63, 3.8) is 0 Å². The van der Waals surface area contributed by atoms with E-state index in [1.165, 1.54) is 0 Å². The molecule has 9 nitrogen and oxygen atoms in total. The summed E-state index contributed by atoms with van der Waals surface area (Å²) in [5.41, 5.74) is 1.12. The van der Waals surface area contributed by atoms with E-state index < -0.39 is 15.6 Å². The van der Waals surface area contributed by atoms with E-state index in [9.17, 15) is 13.2 Å². The van der Waals surface area contributed by atoms with Crippen LogP contribution in [0.5, 0.6) is 0 Å². The smallest absolute Gasteiger partial charge is 0.250 e. The highest BCUT2D eigenvalue weighted by atomic mass is 32.2. The summed E-state index contributed by atoms with van der Waals surface area (Å²) in [6.07, 6.45) is 4.83. The van der Waals surface area contributed by atoms with E-state index in [0.717, 1.165) is 36.2 Å². The molecule has 3 aromatic rings. The Morgan fingerprint density at radius 2 is 2.10 bits per heavy atom. The second-order valence-corrected chi connectivity index (χ2v) is 11.5. The Hall–Kier alpha value is -2.63. The lowest BCUT2D eigenvalue weighted by atomic mass is 10.1. The van der Waals surface area contributed by atoms with E-state index in [4.69, 9.17) is 0 Å². The first-order valence-corrected chi connectivity index (χ1v) is 12.2. The molecule has 0 radical (unpaired) electrons. The second-order valence-electron chi connectivity index (χ2n) is 8.52. The van der Waals surface area contributed by atoms with E-state index in [-0.39, 0.29) is 14.9 Å². The number of aromatic amines is 1. The molecule has 0 unspecified atom stereocenters. The molecule has 1 aliphatic carbocycles. The van der Waals surface area contributed by atoms with Crippen LogP contribution in [0.2, 0.25) is 0 Å². The third-order valence-corrected chi connectivity index (χ3v) is 7.87. The topological polar surface area (TPSA) is 130 Å². The van der Waals surface area contributed by atoms with Crippen molar-refractivity contribution in [3.8, 4) is 10.7 Å². The quantitative estimate of drug-likeness (QED) is 0.426. The van der Waals surface area contributed by atoms with Crippen LogP contribution in [0.1, 0.15) is 55.1 Å². The van der Waals surface area contributed by atoms with Gasteiger partial charge in [-0.25, -0.2) is 23.1 Å². The molecule has 0 aromatic carbocycles. The molecule has 1 fully saturated rings. The lowest BCUT2D eigenvalue weighted by Crippen LogP contribution is -2.40. The molecular weight excluding hydrogens is 436 g/mol. The van der Waals surface area contributed by atoms with Gasteiger partial charge in [0.05, 0.1) is 4.88 Å². The molecule has 4 rings (SSSR count). The molecule has 0 aliphatic heterocycles. The molecule has 0 spiro atoms. The van der Waals surface area contributed by atoms with Crippen LogP contribution in [-0.2, 0) is 21.2 Å². The number of carbonyl (C=O) groups excluding carboxylic acids is 1. The Balaban J connectivity index is 0.00000193. The van der Waals surface area contributed by atoms with E-state index >= 15 is 0 Å². The summed E-state index contributed by atoms with van der Waals surface area (Å²) < 4.78 is 28.0. The zero-order valence-corrected chi connectivity index (χ0v) is 19.1. The number of aromatic nitrogens is 4. The van der Waals surface area contributed by atoms with Gasteiger partial charge in [0.1, 0.15) is 16.3 Å². The zero-order chi connectivity index (χ0) is 22.2. The van der Waals surface area contributed by atoms with Crippen LogP contribution in [0.3, 0.4) is 0 Å². The van der Waals surface area contributed by atoms with Crippen molar-refractivity contribution in [1.82, 2.24) is 24.9 Å². The van der Waals surface area contributed by atoms with Crippen molar-refractivity contribution in [2.75, 3.05) is 5.32 Å². The normalized spacial score (nSPS) is 14.5. The minimum absolute atomic E-state index is 0. The highest BCUT2D eigenvalue weighted by Gasteiger charge is 2.26. The van der Waals surface area contributed by atoms with Crippen LogP contribution < -0.4 is 10.0 Å². The molecular formula is C20H30N6O3S2. The van der Waals surface area contributed by atoms with E-state index in [2.05, 4.69) is 30.2 Å². The summed E-state index contributed by atoms with van der Waals surface area (Å²) >= 11 is 1.09. The van der Waals surface area contributed by atoms with Crippen LogP contribution in [0, 0.1) is 0 Å². The first-order valence-electron chi connectivity index (χ1n) is 9.91. The van der Waals surface area contributed by atoms with Crippen molar-refractivity contribution in [2.45, 2.75) is 55.7 Å². The Labute approximate surface area is 189 Å². The predicted octanol–water partition coefficient (Wildman–Crippen LogP) is 4.11. The van der Waals surface area contributed by atoms with E-state index in [0.29, 0.717) is 33.8 Å². The molecule has 0 bridgehead atoms. The summed E-state index contributed by atoms with van der Waals surface area (Å²) in [5.74, 6) is 1.99. The number of anilines is 2. The lowest BCUT2D eigenvalue weighted by Gasteiger charge is -2.19.